The molecule has 23 heavy (non-hydrogen) atoms. The first-order valence-corrected chi connectivity index (χ1v) is 7.33. The average Bonchev–Trinajstić information content (AvgIpc) is 2.60. The van der Waals surface area contributed by atoms with E-state index in [1.165, 1.54) is 0 Å². The maximum absolute atomic E-state index is 11.4. The zero-order valence-corrected chi connectivity index (χ0v) is 13.3. The second-order valence-corrected chi connectivity index (χ2v) is 5.05. The van der Waals surface area contributed by atoms with Gasteiger partial charge in [0.25, 0.3) is 0 Å². The Morgan fingerprint density at radius 3 is 2.65 bits per heavy atom. The molecule has 1 unspecified atom stereocenters. The van der Waals surface area contributed by atoms with Crippen molar-refractivity contribution in [3.05, 3.63) is 53.9 Å². The smallest absolute Gasteiger partial charge is 0.234 e. The molecule has 0 fully saturated rings. The Bertz CT molecular complexity index is 647. The minimum Gasteiger partial charge on any atom is -0.493 e. The molecule has 0 saturated carbocycles. The van der Waals surface area contributed by atoms with E-state index >= 15 is 0 Å². The number of benzene rings is 1. The molecule has 0 aliphatic carbocycles. The van der Waals surface area contributed by atoms with Gasteiger partial charge in [0.15, 0.2) is 11.5 Å². The number of hydrogen-bond donors (Lipinski definition) is 2. The summed E-state index contributed by atoms with van der Waals surface area (Å²) in [6.45, 7) is 2.28. The normalized spacial score (nSPS) is 11.6. The van der Waals surface area contributed by atoms with Gasteiger partial charge in [-0.3, -0.25) is 9.78 Å². The second kappa shape index (κ2) is 8.14. The van der Waals surface area contributed by atoms with Gasteiger partial charge in [0.2, 0.25) is 5.91 Å². The lowest BCUT2D eigenvalue weighted by atomic mass is 10.1. The van der Waals surface area contributed by atoms with E-state index in [9.17, 15) is 4.79 Å². The summed E-state index contributed by atoms with van der Waals surface area (Å²) in [5.41, 5.74) is 7.25. The third-order valence-electron chi connectivity index (χ3n) is 3.39. The van der Waals surface area contributed by atoms with Gasteiger partial charge >= 0.3 is 0 Å². The first kappa shape index (κ1) is 16.8. The third-order valence-corrected chi connectivity index (χ3v) is 3.39. The number of carbonyl (C=O) groups excluding carboxylic acids is 1. The highest BCUT2D eigenvalue weighted by Gasteiger charge is 2.12. The highest BCUT2D eigenvalue weighted by molar-refractivity contribution is 5.78. The van der Waals surface area contributed by atoms with Crippen LogP contribution in [-0.4, -0.2) is 24.5 Å². The van der Waals surface area contributed by atoms with Gasteiger partial charge in [0, 0.05) is 12.4 Å². The number of amides is 1. The van der Waals surface area contributed by atoms with Crippen LogP contribution in [0.15, 0.2) is 42.7 Å². The number of rotatable bonds is 7. The topological polar surface area (TPSA) is 86.5 Å². The Morgan fingerprint density at radius 1 is 1.26 bits per heavy atom. The van der Waals surface area contributed by atoms with E-state index in [1.54, 1.807) is 19.5 Å². The fraction of sp³-hybridized carbons (Fsp3) is 0.294. The Balaban J connectivity index is 2.08. The van der Waals surface area contributed by atoms with Crippen LogP contribution >= 0.6 is 0 Å². The van der Waals surface area contributed by atoms with E-state index in [-0.39, 0.29) is 18.5 Å². The van der Waals surface area contributed by atoms with Crippen LogP contribution in [0.1, 0.15) is 24.1 Å². The molecular weight excluding hydrogens is 294 g/mol. The number of ether oxygens (including phenoxy) is 2. The van der Waals surface area contributed by atoms with Crippen LogP contribution in [0.2, 0.25) is 0 Å². The van der Waals surface area contributed by atoms with Crippen LogP contribution in [0.25, 0.3) is 0 Å². The van der Waals surface area contributed by atoms with Crippen molar-refractivity contribution in [3.8, 4) is 11.5 Å². The molecular formula is C17H21N3O3. The van der Waals surface area contributed by atoms with Crippen LogP contribution in [0.5, 0.6) is 11.5 Å². The molecule has 0 bridgehead atoms. The molecule has 0 saturated heterocycles. The van der Waals surface area contributed by atoms with Crippen LogP contribution in [0.3, 0.4) is 0 Å². The predicted molar refractivity (Wildman–Crippen MR) is 87.2 cm³/mol. The standard InChI is InChI=1S/C17H21N3O3/c1-12(20-17(21)10-18)14-3-4-15(16(9-14)22-2)23-11-13-5-7-19-8-6-13/h3-9,12H,10-11,18H2,1-2H3,(H,20,21). The van der Waals surface area contributed by atoms with Gasteiger partial charge in [0.05, 0.1) is 19.7 Å². The molecule has 0 spiro atoms. The van der Waals surface area contributed by atoms with Crippen LogP contribution in [0, 0.1) is 0 Å². The summed E-state index contributed by atoms with van der Waals surface area (Å²) in [6.07, 6.45) is 3.45. The quantitative estimate of drug-likeness (QED) is 0.813. The summed E-state index contributed by atoms with van der Waals surface area (Å²) in [4.78, 5) is 15.4. The molecule has 0 aliphatic heterocycles. The monoisotopic (exact) mass is 315 g/mol. The predicted octanol–water partition coefficient (Wildman–Crippen LogP) is 1.81. The molecule has 0 aliphatic rings. The zero-order chi connectivity index (χ0) is 16.7. The van der Waals surface area contributed by atoms with Gasteiger partial charge in [0.1, 0.15) is 6.61 Å². The highest BCUT2D eigenvalue weighted by Crippen LogP contribution is 2.30. The van der Waals surface area contributed by atoms with E-state index in [2.05, 4.69) is 10.3 Å². The molecule has 1 heterocycles. The zero-order valence-electron chi connectivity index (χ0n) is 13.3. The van der Waals surface area contributed by atoms with Crippen molar-refractivity contribution in [2.45, 2.75) is 19.6 Å². The fourth-order valence-corrected chi connectivity index (χ4v) is 2.10. The van der Waals surface area contributed by atoms with Crippen molar-refractivity contribution in [1.82, 2.24) is 10.3 Å². The Hall–Kier alpha value is -2.60. The Kier molecular flexibility index (Phi) is 5.94. The van der Waals surface area contributed by atoms with Crippen LogP contribution < -0.4 is 20.5 Å². The number of methoxy groups -OCH3 is 1. The van der Waals surface area contributed by atoms with Crippen molar-refractivity contribution in [2.75, 3.05) is 13.7 Å². The van der Waals surface area contributed by atoms with Crippen molar-refractivity contribution in [2.24, 2.45) is 5.73 Å². The van der Waals surface area contributed by atoms with E-state index in [4.69, 9.17) is 15.2 Å². The SMILES string of the molecule is COc1cc(C(C)NC(=O)CN)ccc1OCc1ccncc1. The van der Waals surface area contributed by atoms with Crippen molar-refractivity contribution >= 4 is 5.91 Å². The minimum atomic E-state index is -0.200. The van der Waals surface area contributed by atoms with Crippen molar-refractivity contribution in [3.63, 3.8) is 0 Å². The number of aromatic nitrogens is 1. The number of nitrogens with one attached hydrogen (secondary N) is 1. The molecule has 6 nitrogen and oxygen atoms in total. The van der Waals surface area contributed by atoms with Crippen LogP contribution in [-0.2, 0) is 11.4 Å². The maximum Gasteiger partial charge on any atom is 0.234 e. The van der Waals surface area contributed by atoms with Crippen LogP contribution in [0.4, 0.5) is 0 Å². The summed E-state index contributed by atoms with van der Waals surface area (Å²) < 4.78 is 11.2. The Labute approximate surface area is 135 Å². The summed E-state index contributed by atoms with van der Waals surface area (Å²) in [5, 5.41) is 2.81. The number of nitrogens with zero attached hydrogens (tertiary/aromatic N) is 1. The Morgan fingerprint density at radius 2 is 2.00 bits per heavy atom. The molecule has 1 aromatic carbocycles. The summed E-state index contributed by atoms with van der Waals surface area (Å²) in [5.74, 6) is 1.06. The lowest BCUT2D eigenvalue weighted by molar-refractivity contribution is -0.120. The molecule has 2 aromatic rings. The molecule has 1 amide bonds. The molecule has 1 aromatic heterocycles. The molecule has 3 N–H and O–H groups in total. The lowest BCUT2D eigenvalue weighted by Crippen LogP contribution is -2.32. The van der Waals surface area contributed by atoms with E-state index < -0.39 is 0 Å². The number of nitrogens with two attached hydrogens (primary N) is 1. The van der Waals surface area contributed by atoms with Gasteiger partial charge < -0.3 is 20.5 Å². The average molecular weight is 315 g/mol. The molecule has 2 rings (SSSR count). The molecule has 1 atom stereocenters. The largest absolute Gasteiger partial charge is 0.493 e. The maximum atomic E-state index is 11.4. The number of pyridine rings is 1. The second-order valence-electron chi connectivity index (χ2n) is 5.05. The van der Waals surface area contributed by atoms with E-state index in [0.29, 0.717) is 18.1 Å². The van der Waals surface area contributed by atoms with Gasteiger partial charge in [-0.25, -0.2) is 0 Å². The van der Waals surface area contributed by atoms with Gasteiger partial charge in [-0.15, -0.1) is 0 Å². The number of carbonyl (C=O) groups is 1. The minimum absolute atomic E-state index is 0.0331. The molecule has 122 valence electrons. The summed E-state index contributed by atoms with van der Waals surface area (Å²) >= 11 is 0. The lowest BCUT2D eigenvalue weighted by Gasteiger charge is -2.17. The van der Waals surface area contributed by atoms with Gasteiger partial charge in [-0.05, 0) is 42.3 Å². The van der Waals surface area contributed by atoms with Gasteiger partial charge in [-0.1, -0.05) is 6.07 Å². The molecule has 6 heteroatoms. The summed E-state index contributed by atoms with van der Waals surface area (Å²) in [7, 11) is 1.58. The first-order chi connectivity index (χ1) is 11.1. The fourth-order valence-electron chi connectivity index (χ4n) is 2.10. The summed E-state index contributed by atoms with van der Waals surface area (Å²) in [6, 6.07) is 9.21. The van der Waals surface area contributed by atoms with E-state index in [1.807, 2.05) is 37.3 Å². The first-order valence-electron chi connectivity index (χ1n) is 7.33. The van der Waals surface area contributed by atoms with E-state index in [0.717, 1.165) is 11.1 Å². The van der Waals surface area contributed by atoms with Crippen molar-refractivity contribution in [1.29, 1.82) is 0 Å². The highest BCUT2D eigenvalue weighted by atomic mass is 16.5. The van der Waals surface area contributed by atoms with Crippen molar-refractivity contribution < 1.29 is 14.3 Å². The van der Waals surface area contributed by atoms with Gasteiger partial charge in [-0.2, -0.15) is 0 Å². The third kappa shape index (κ3) is 4.69. The molecule has 0 radical (unpaired) electrons. The number of hydrogen-bond acceptors (Lipinski definition) is 5.